The molecule has 1 amide bonds. The summed E-state index contributed by atoms with van der Waals surface area (Å²) in [5.41, 5.74) is 5.96. The summed E-state index contributed by atoms with van der Waals surface area (Å²) in [5, 5.41) is 0. The van der Waals surface area contributed by atoms with Crippen LogP contribution in [-0.4, -0.2) is 30.4 Å². The number of hydrogen-bond donors (Lipinski definition) is 1. The van der Waals surface area contributed by atoms with Crippen molar-refractivity contribution < 1.29 is 4.79 Å². The second-order valence-corrected chi connectivity index (χ2v) is 3.26. The zero-order valence-electron chi connectivity index (χ0n) is 9.55. The van der Waals surface area contributed by atoms with Crippen LogP contribution in [0.5, 0.6) is 0 Å². The lowest BCUT2D eigenvalue weighted by Gasteiger charge is -2.16. The minimum atomic E-state index is -0.285. The average molecular weight is 198 g/mol. The molecule has 0 bridgehead atoms. The summed E-state index contributed by atoms with van der Waals surface area (Å²) in [7, 11) is 0. The Labute approximate surface area is 87.0 Å². The number of carbonyl (C=O) groups excluding carboxylic acids is 1. The van der Waals surface area contributed by atoms with Crippen LogP contribution < -0.4 is 5.73 Å². The number of hydrogen-bond acceptors (Lipinski definition) is 2. The molecule has 0 saturated heterocycles. The summed E-state index contributed by atoms with van der Waals surface area (Å²) in [4.78, 5) is 13.2. The Balaban J connectivity index is 3.94. The maximum Gasteiger partial charge on any atom is 0.244 e. The maximum atomic E-state index is 10.9. The van der Waals surface area contributed by atoms with Gasteiger partial charge in [-0.2, -0.15) is 0 Å². The lowest BCUT2D eigenvalue weighted by Crippen LogP contribution is -2.23. The molecule has 82 valence electrons. The molecule has 0 heterocycles. The standard InChI is InChI=1S/C11H22N2O/c1-4-10(11(12)14)8-7-9-13(5-2)6-3/h8H,4-7,9H2,1-3H3,(H2,12,14). The summed E-state index contributed by atoms with van der Waals surface area (Å²) in [5.74, 6) is -0.285. The first-order valence-electron chi connectivity index (χ1n) is 5.36. The number of carbonyl (C=O) groups is 1. The van der Waals surface area contributed by atoms with Crippen LogP contribution in [0, 0.1) is 0 Å². The molecule has 0 saturated carbocycles. The first kappa shape index (κ1) is 13.2. The number of rotatable bonds is 7. The van der Waals surface area contributed by atoms with E-state index in [4.69, 9.17) is 5.73 Å². The lowest BCUT2D eigenvalue weighted by molar-refractivity contribution is -0.114. The molecule has 0 radical (unpaired) electrons. The van der Waals surface area contributed by atoms with Crippen LogP contribution in [0.3, 0.4) is 0 Å². The van der Waals surface area contributed by atoms with Crippen molar-refractivity contribution >= 4 is 5.91 Å². The van der Waals surface area contributed by atoms with E-state index in [9.17, 15) is 4.79 Å². The highest BCUT2D eigenvalue weighted by Gasteiger charge is 2.01. The van der Waals surface area contributed by atoms with E-state index in [-0.39, 0.29) is 5.91 Å². The van der Waals surface area contributed by atoms with E-state index in [0.717, 1.165) is 38.0 Å². The highest BCUT2D eigenvalue weighted by molar-refractivity contribution is 5.91. The molecule has 0 atom stereocenters. The molecule has 2 N–H and O–H groups in total. The van der Waals surface area contributed by atoms with Crippen molar-refractivity contribution in [2.24, 2.45) is 5.73 Å². The summed E-state index contributed by atoms with van der Waals surface area (Å²) >= 11 is 0. The van der Waals surface area contributed by atoms with Gasteiger partial charge in [-0.3, -0.25) is 4.79 Å². The summed E-state index contributed by atoms with van der Waals surface area (Å²) in [6.07, 6.45) is 3.60. The van der Waals surface area contributed by atoms with Gasteiger partial charge in [0.2, 0.25) is 5.91 Å². The van der Waals surface area contributed by atoms with Crippen LogP contribution in [0.2, 0.25) is 0 Å². The zero-order valence-corrected chi connectivity index (χ0v) is 9.55. The number of nitrogens with zero attached hydrogens (tertiary/aromatic N) is 1. The van der Waals surface area contributed by atoms with E-state index in [1.54, 1.807) is 0 Å². The van der Waals surface area contributed by atoms with Gasteiger partial charge < -0.3 is 10.6 Å². The fourth-order valence-corrected chi connectivity index (χ4v) is 1.38. The van der Waals surface area contributed by atoms with Crippen molar-refractivity contribution in [1.82, 2.24) is 4.90 Å². The first-order chi connectivity index (χ1) is 6.65. The van der Waals surface area contributed by atoms with Gasteiger partial charge in [-0.05, 0) is 25.9 Å². The smallest absolute Gasteiger partial charge is 0.244 e. The summed E-state index contributed by atoms with van der Waals surface area (Å²) in [6, 6.07) is 0. The zero-order chi connectivity index (χ0) is 11.0. The number of nitrogens with two attached hydrogens (primary N) is 1. The van der Waals surface area contributed by atoms with E-state index in [2.05, 4.69) is 18.7 Å². The van der Waals surface area contributed by atoms with Gasteiger partial charge in [-0.25, -0.2) is 0 Å². The topological polar surface area (TPSA) is 46.3 Å². The van der Waals surface area contributed by atoms with E-state index in [0.29, 0.717) is 0 Å². The Bertz CT molecular complexity index is 195. The normalized spacial score (nSPS) is 12.1. The predicted octanol–water partition coefficient (Wildman–Crippen LogP) is 1.54. The molecular formula is C11H22N2O. The van der Waals surface area contributed by atoms with Crippen molar-refractivity contribution in [3.8, 4) is 0 Å². The Morgan fingerprint density at radius 2 is 1.86 bits per heavy atom. The Kier molecular flexibility index (Phi) is 7.11. The SMILES string of the molecule is CCC(=CCCN(CC)CC)C(N)=O. The summed E-state index contributed by atoms with van der Waals surface area (Å²) in [6.45, 7) is 9.35. The monoisotopic (exact) mass is 198 g/mol. The fraction of sp³-hybridized carbons (Fsp3) is 0.727. The first-order valence-corrected chi connectivity index (χ1v) is 5.36. The maximum absolute atomic E-state index is 10.9. The van der Waals surface area contributed by atoms with E-state index < -0.39 is 0 Å². The lowest BCUT2D eigenvalue weighted by atomic mass is 10.1. The molecule has 0 spiro atoms. The van der Waals surface area contributed by atoms with Crippen molar-refractivity contribution in [2.75, 3.05) is 19.6 Å². The van der Waals surface area contributed by atoms with Crippen molar-refractivity contribution in [2.45, 2.75) is 33.6 Å². The van der Waals surface area contributed by atoms with Gasteiger partial charge in [0.15, 0.2) is 0 Å². The number of primary amides is 1. The largest absolute Gasteiger partial charge is 0.366 e. The third-order valence-corrected chi connectivity index (χ3v) is 2.43. The molecule has 14 heavy (non-hydrogen) atoms. The van der Waals surface area contributed by atoms with Crippen molar-refractivity contribution in [3.05, 3.63) is 11.6 Å². The highest BCUT2D eigenvalue weighted by Crippen LogP contribution is 2.02. The Hall–Kier alpha value is -0.830. The number of amides is 1. The van der Waals surface area contributed by atoms with Gasteiger partial charge in [-0.1, -0.05) is 26.8 Å². The van der Waals surface area contributed by atoms with Gasteiger partial charge in [0, 0.05) is 12.1 Å². The molecule has 0 fully saturated rings. The fourth-order valence-electron chi connectivity index (χ4n) is 1.38. The van der Waals surface area contributed by atoms with E-state index >= 15 is 0 Å². The van der Waals surface area contributed by atoms with Crippen LogP contribution in [-0.2, 0) is 4.79 Å². The van der Waals surface area contributed by atoms with Crippen molar-refractivity contribution in [3.63, 3.8) is 0 Å². The third-order valence-electron chi connectivity index (χ3n) is 2.43. The van der Waals surface area contributed by atoms with Crippen LogP contribution in [0.4, 0.5) is 0 Å². The Morgan fingerprint density at radius 3 is 2.21 bits per heavy atom. The predicted molar refractivity (Wildman–Crippen MR) is 60.0 cm³/mol. The minimum absolute atomic E-state index is 0.285. The quantitative estimate of drug-likeness (QED) is 0.631. The molecule has 3 nitrogen and oxygen atoms in total. The highest BCUT2D eigenvalue weighted by atomic mass is 16.1. The van der Waals surface area contributed by atoms with Crippen LogP contribution in [0.1, 0.15) is 33.6 Å². The van der Waals surface area contributed by atoms with Gasteiger partial charge in [0.1, 0.15) is 0 Å². The van der Waals surface area contributed by atoms with Crippen molar-refractivity contribution in [1.29, 1.82) is 0 Å². The molecule has 0 unspecified atom stereocenters. The Morgan fingerprint density at radius 1 is 1.29 bits per heavy atom. The average Bonchev–Trinajstić information content (AvgIpc) is 2.18. The van der Waals surface area contributed by atoms with Crippen LogP contribution in [0.25, 0.3) is 0 Å². The molecular weight excluding hydrogens is 176 g/mol. The third kappa shape index (κ3) is 5.02. The van der Waals surface area contributed by atoms with Gasteiger partial charge in [-0.15, -0.1) is 0 Å². The second-order valence-electron chi connectivity index (χ2n) is 3.26. The minimum Gasteiger partial charge on any atom is -0.366 e. The molecule has 0 aliphatic carbocycles. The van der Waals surface area contributed by atoms with Crippen LogP contribution >= 0.6 is 0 Å². The van der Waals surface area contributed by atoms with Gasteiger partial charge in [0.05, 0.1) is 0 Å². The molecule has 3 heteroatoms. The van der Waals surface area contributed by atoms with E-state index in [1.165, 1.54) is 0 Å². The molecule has 0 aromatic rings. The second kappa shape index (κ2) is 7.56. The molecule has 0 aliphatic heterocycles. The molecule has 0 aliphatic rings. The molecule has 0 aromatic carbocycles. The van der Waals surface area contributed by atoms with E-state index in [1.807, 2.05) is 13.0 Å². The molecule has 0 rings (SSSR count). The van der Waals surface area contributed by atoms with Crippen LogP contribution in [0.15, 0.2) is 11.6 Å². The summed E-state index contributed by atoms with van der Waals surface area (Å²) < 4.78 is 0. The van der Waals surface area contributed by atoms with Gasteiger partial charge in [0.25, 0.3) is 0 Å². The molecule has 0 aromatic heterocycles. The van der Waals surface area contributed by atoms with Gasteiger partial charge >= 0.3 is 0 Å².